The molecule has 6 saturated heterocycles. The molecule has 10 rings (SSSR count). The molecule has 6 nitrogen and oxygen atoms in total. The van der Waals surface area contributed by atoms with E-state index in [2.05, 4.69) is 139 Å². The maximum absolute atomic E-state index is 4.94. The van der Waals surface area contributed by atoms with Crippen LogP contribution in [0.3, 0.4) is 0 Å². The van der Waals surface area contributed by atoms with Crippen LogP contribution >= 0.6 is 0 Å². The van der Waals surface area contributed by atoms with Gasteiger partial charge in [-0.2, -0.15) is 22.5 Å². The maximum Gasteiger partial charge on any atom is 1.00 e. The molecule has 6 aliphatic heterocycles. The van der Waals surface area contributed by atoms with Crippen LogP contribution in [0.5, 0.6) is 0 Å². The van der Waals surface area contributed by atoms with Crippen molar-refractivity contribution in [1.82, 2.24) is 0 Å². The number of hydrogen-bond acceptors (Lipinski definition) is 6. The summed E-state index contributed by atoms with van der Waals surface area (Å²) < 4.78 is 29.7. The zero-order valence-electron chi connectivity index (χ0n) is 44.5. The van der Waals surface area contributed by atoms with Crippen LogP contribution in [0, 0.1) is 0 Å². The first kappa shape index (κ1) is 63.8. The second kappa shape index (κ2) is 34.2. The fourth-order valence-corrected chi connectivity index (χ4v) is 14.8. The molecule has 0 amide bonds. The van der Waals surface area contributed by atoms with Gasteiger partial charge >= 0.3 is 29.6 Å². The van der Waals surface area contributed by atoms with Crippen LogP contribution in [0.2, 0.25) is 78.6 Å². The topological polar surface area (TPSA) is 55.4 Å². The van der Waals surface area contributed by atoms with Gasteiger partial charge in [-0.25, -0.2) is 0 Å². The molecule has 12 heteroatoms. The van der Waals surface area contributed by atoms with Crippen molar-refractivity contribution in [1.29, 1.82) is 0 Å². The van der Waals surface area contributed by atoms with Gasteiger partial charge in [0.15, 0.2) is 0 Å². The molecule has 0 saturated carbocycles. The van der Waals surface area contributed by atoms with Crippen molar-refractivity contribution >= 4 is 74.6 Å². The van der Waals surface area contributed by atoms with Crippen molar-refractivity contribution < 1.29 is 74.8 Å². The van der Waals surface area contributed by atoms with Gasteiger partial charge in [0.05, 0.1) is 0 Å². The Morgan fingerprint density at radius 1 is 0.333 bits per heavy atom. The van der Waals surface area contributed by atoms with Gasteiger partial charge in [-0.15, -0.1) is 68.3 Å². The van der Waals surface area contributed by atoms with Gasteiger partial charge in [-0.05, 0) is 77.0 Å². The first-order chi connectivity index (χ1) is 30.4. The Labute approximate surface area is 441 Å². The summed E-state index contributed by atoms with van der Waals surface area (Å²) in [6, 6.07) is 23.0. The third-order valence-corrected chi connectivity index (χ3v) is 19.9. The van der Waals surface area contributed by atoms with Crippen molar-refractivity contribution in [2.24, 2.45) is 0 Å². The number of ether oxygens (including phenoxy) is 6. The monoisotopic (exact) mass is 1030 g/mol. The third-order valence-electron chi connectivity index (χ3n) is 11.8. The van der Waals surface area contributed by atoms with Gasteiger partial charge in [0.1, 0.15) is 0 Å². The molecule has 4 aromatic rings. The summed E-state index contributed by atoms with van der Waals surface area (Å²) in [6.07, 6.45) is 15.3. The van der Waals surface area contributed by atoms with Crippen molar-refractivity contribution in [2.75, 3.05) is 79.3 Å². The molecule has 6 heterocycles. The molecular formula is C54H94CoNaO6Si4-. The molecule has 1 radical (unpaired) electrons. The quantitative estimate of drug-likeness (QED) is 0.150. The fraction of sp³-hybridized carbons (Fsp3) is 0.667. The van der Waals surface area contributed by atoms with Crippen molar-refractivity contribution in [3.63, 3.8) is 0 Å². The van der Waals surface area contributed by atoms with Crippen LogP contribution in [-0.2, 0) is 45.2 Å². The summed E-state index contributed by atoms with van der Waals surface area (Å²) in [6.45, 7) is 41.4. The van der Waals surface area contributed by atoms with Crippen LogP contribution in [0.25, 0.3) is 21.5 Å². The molecule has 6 fully saturated rings. The largest absolute Gasteiger partial charge is 1.00 e. The van der Waals surface area contributed by atoms with E-state index >= 15 is 0 Å². The Balaban J connectivity index is 0.000000405. The van der Waals surface area contributed by atoms with E-state index in [0.717, 1.165) is 79.3 Å². The maximum atomic E-state index is 4.94. The summed E-state index contributed by atoms with van der Waals surface area (Å²) >= 11 is 0. The third kappa shape index (κ3) is 25.3. The van der Waals surface area contributed by atoms with Crippen LogP contribution in [0.1, 0.15) is 77.0 Å². The molecule has 66 heavy (non-hydrogen) atoms. The molecule has 0 unspecified atom stereocenters. The smallest absolute Gasteiger partial charge is 0.381 e. The van der Waals surface area contributed by atoms with Crippen molar-refractivity contribution in [3.05, 3.63) is 60.7 Å². The molecule has 0 N–H and O–H groups in total. The van der Waals surface area contributed by atoms with E-state index in [1.165, 1.54) is 98.6 Å². The van der Waals surface area contributed by atoms with Crippen LogP contribution in [0.15, 0.2) is 60.7 Å². The normalized spacial score (nSPS) is 17.8. The van der Waals surface area contributed by atoms with Gasteiger partial charge in [-0.3, -0.25) is 0 Å². The zero-order chi connectivity index (χ0) is 46.9. The minimum atomic E-state index is -1.23. The molecule has 0 atom stereocenters. The summed E-state index contributed by atoms with van der Waals surface area (Å²) in [4.78, 5) is 0. The van der Waals surface area contributed by atoms with E-state index in [1.807, 2.05) is 0 Å². The molecule has 0 spiro atoms. The van der Waals surface area contributed by atoms with E-state index in [9.17, 15) is 0 Å². The second-order valence-electron chi connectivity index (χ2n) is 22.0. The van der Waals surface area contributed by atoms with E-state index < -0.39 is 32.3 Å². The SMILES string of the molecule is C1CCOC1.C1CCOC1.C1CCOC1.C1CCOC1.C1CCOC1.C1CCOC1.C[Si](C)(C)c1c[c-]([Si](C)(C)C)c2ccccc12.C[Si](C)(C)c1c[c-]([Si](C)(C)C)c2ccccc12.[Co].[Na+]. The van der Waals surface area contributed by atoms with E-state index in [0.29, 0.717) is 0 Å². The molecule has 0 bridgehead atoms. The standard InChI is InChI=1S/2C15H23Si2.6C4H8O.Co.Na/c2*1-16(2,3)14-11-15(17(4,5)6)13-10-8-7-9-12(13)14;6*1-2-4-5-3-1;;/h2*7-11H,1-6H3;6*1-4H2;;/q2*-1;;;;;;;;+1. The van der Waals surface area contributed by atoms with Crippen molar-refractivity contribution in [3.8, 4) is 0 Å². The number of rotatable bonds is 4. The average molecular weight is 1030 g/mol. The van der Waals surface area contributed by atoms with Crippen LogP contribution < -0.4 is 50.3 Å². The zero-order valence-corrected chi connectivity index (χ0v) is 51.6. The van der Waals surface area contributed by atoms with E-state index in [1.54, 1.807) is 20.7 Å². The molecule has 6 aliphatic rings. The predicted molar refractivity (Wildman–Crippen MR) is 291 cm³/mol. The number of benzene rings is 2. The molecule has 0 aliphatic carbocycles. The van der Waals surface area contributed by atoms with Crippen LogP contribution in [0.4, 0.5) is 0 Å². The summed E-state index contributed by atoms with van der Waals surface area (Å²) in [5.41, 5.74) is 0. The van der Waals surface area contributed by atoms with Gasteiger partial charge in [0.25, 0.3) is 0 Å². The number of hydrogen-bond donors (Lipinski definition) is 0. The van der Waals surface area contributed by atoms with Crippen molar-refractivity contribution in [2.45, 2.75) is 156 Å². The summed E-state index contributed by atoms with van der Waals surface area (Å²) in [5, 5.41) is 12.6. The minimum Gasteiger partial charge on any atom is -0.381 e. The minimum absolute atomic E-state index is 0. The van der Waals surface area contributed by atoms with E-state index in [4.69, 9.17) is 28.4 Å². The Hall–Kier alpha value is -0.206. The Bertz CT molecular complexity index is 1480. The average Bonchev–Trinajstić information content (AvgIpc) is 4.12. The summed E-state index contributed by atoms with van der Waals surface area (Å²) in [7, 11) is -4.93. The van der Waals surface area contributed by atoms with Gasteiger partial charge in [-0.1, -0.05) is 90.7 Å². The first-order valence-corrected chi connectivity index (χ1v) is 39.3. The predicted octanol–water partition coefficient (Wildman–Crippen LogP) is 9.08. The van der Waals surface area contributed by atoms with Gasteiger partial charge < -0.3 is 28.4 Å². The van der Waals surface area contributed by atoms with Gasteiger partial charge in [0.2, 0.25) is 0 Å². The Morgan fingerprint density at radius 2 is 0.530 bits per heavy atom. The van der Waals surface area contributed by atoms with Gasteiger partial charge in [0, 0.05) is 128 Å². The Morgan fingerprint density at radius 3 is 0.682 bits per heavy atom. The molecule has 0 aromatic heterocycles. The Kier molecular flexibility index (Phi) is 33.1. The second-order valence-corrected chi connectivity index (χ2v) is 42.1. The van der Waals surface area contributed by atoms with E-state index in [-0.39, 0.29) is 46.3 Å². The first-order valence-electron chi connectivity index (χ1n) is 25.3. The molecular weight excluding hydrogens is 939 g/mol. The number of fused-ring (bicyclic) bond motifs is 2. The van der Waals surface area contributed by atoms with Crippen LogP contribution in [-0.4, -0.2) is 112 Å². The fourth-order valence-electron chi connectivity index (χ4n) is 8.05. The summed E-state index contributed by atoms with van der Waals surface area (Å²) in [5.74, 6) is 0. The molecule has 4 aromatic carbocycles. The molecule has 373 valence electrons.